The molecule has 24 heavy (non-hydrogen) atoms. The molecule has 1 aromatic heterocycles. The monoisotopic (exact) mass is 348 g/mol. The number of nitrogens with zero attached hydrogens (tertiary/aromatic N) is 2. The molecule has 1 aromatic carbocycles. The highest BCUT2D eigenvalue weighted by molar-refractivity contribution is 7.11. The fourth-order valence-corrected chi connectivity index (χ4v) is 3.12. The molecular formula is C18H25FN4S. The standard InChI is InChI=1S/C18H25FN4S/c1-4-16-11-22-17(24-16)12-23-18(20-5-2)21-9-8-14-6-7-15(19)10-13(14)3/h6-7,10-11H,4-5,8-9,12H2,1-3H3,(H2,20,21,23). The summed E-state index contributed by atoms with van der Waals surface area (Å²) < 4.78 is 13.1. The zero-order valence-electron chi connectivity index (χ0n) is 14.5. The second-order valence-corrected chi connectivity index (χ2v) is 6.72. The third-order valence-corrected chi connectivity index (χ3v) is 4.78. The van der Waals surface area contributed by atoms with E-state index in [1.807, 2.05) is 26.1 Å². The molecule has 0 unspecified atom stereocenters. The van der Waals surface area contributed by atoms with Gasteiger partial charge in [-0.1, -0.05) is 13.0 Å². The fraction of sp³-hybridized carbons (Fsp3) is 0.444. The van der Waals surface area contributed by atoms with Gasteiger partial charge < -0.3 is 10.6 Å². The van der Waals surface area contributed by atoms with E-state index in [1.54, 1.807) is 17.4 Å². The summed E-state index contributed by atoms with van der Waals surface area (Å²) >= 11 is 1.71. The van der Waals surface area contributed by atoms with Crippen LogP contribution in [0.3, 0.4) is 0 Å². The van der Waals surface area contributed by atoms with Crippen molar-refractivity contribution in [3.8, 4) is 0 Å². The first-order valence-corrected chi connectivity index (χ1v) is 9.14. The van der Waals surface area contributed by atoms with Crippen molar-refractivity contribution in [1.82, 2.24) is 15.6 Å². The molecule has 0 aliphatic rings. The molecule has 2 aromatic rings. The quantitative estimate of drug-likeness (QED) is 0.595. The number of hydrogen-bond acceptors (Lipinski definition) is 3. The maximum absolute atomic E-state index is 13.1. The predicted molar refractivity (Wildman–Crippen MR) is 99.2 cm³/mol. The first-order valence-electron chi connectivity index (χ1n) is 8.33. The molecule has 0 saturated carbocycles. The number of halogens is 1. The van der Waals surface area contributed by atoms with Crippen molar-refractivity contribution < 1.29 is 4.39 Å². The summed E-state index contributed by atoms with van der Waals surface area (Å²) in [5.74, 6) is 0.597. The van der Waals surface area contributed by atoms with Crippen molar-refractivity contribution in [3.63, 3.8) is 0 Å². The molecule has 0 aliphatic carbocycles. The van der Waals surface area contributed by atoms with Gasteiger partial charge in [0, 0.05) is 24.2 Å². The van der Waals surface area contributed by atoms with Crippen molar-refractivity contribution in [1.29, 1.82) is 0 Å². The topological polar surface area (TPSA) is 49.3 Å². The van der Waals surface area contributed by atoms with Crippen LogP contribution in [0.4, 0.5) is 4.39 Å². The van der Waals surface area contributed by atoms with Crippen LogP contribution in [0.15, 0.2) is 29.4 Å². The summed E-state index contributed by atoms with van der Waals surface area (Å²) in [5, 5.41) is 7.59. The van der Waals surface area contributed by atoms with Gasteiger partial charge in [-0.05, 0) is 49.9 Å². The molecular weight excluding hydrogens is 323 g/mol. The summed E-state index contributed by atoms with van der Waals surface area (Å²) in [7, 11) is 0. The number of hydrogen-bond donors (Lipinski definition) is 2. The molecule has 0 bridgehead atoms. The summed E-state index contributed by atoms with van der Waals surface area (Å²) in [6.07, 6.45) is 3.76. The zero-order valence-corrected chi connectivity index (χ0v) is 15.3. The van der Waals surface area contributed by atoms with Crippen LogP contribution in [0.1, 0.15) is 34.9 Å². The number of rotatable bonds is 7. The van der Waals surface area contributed by atoms with E-state index in [0.29, 0.717) is 6.54 Å². The summed E-state index contributed by atoms with van der Waals surface area (Å²) in [4.78, 5) is 10.3. The number of aryl methyl sites for hydroxylation is 2. The molecule has 4 nitrogen and oxygen atoms in total. The number of aromatic nitrogens is 1. The van der Waals surface area contributed by atoms with E-state index >= 15 is 0 Å². The number of aliphatic imine (C=N–C) groups is 1. The highest BCUT2D eigenvalue weighted by atomic mass is 32.1. The van der Waals surface area contributed by atoms with E-state index in [9.17, 15) is 4.39 Å². The Morgan fingerprint density at radius 3 is 2.79 bits per heavy atom. The molecule has 0 atom stereocenters. The molecule has 0 amide bonds. The number of nitrogens with one attached hydrogen (secondary N) is 2. The van der Waals surface area contributed by atoms with Crippen LogP contribution in [0.2, 0.25) is 0 Å². The van der Waals surface area contributed by atoms with Crippen LogP contribution in [0.5, 0.6) is 0 Å². The number of thiazole rings is 1. The van der Waals surface area contributed by atoms with Crippen LogP contribution in [0.25, 0.3) is 0 Å². The van der Waals surface area contributed by atoms with Gasteiger partial charge in [0.25, 0.3) is 0 Å². The Labute approximate surface area is 147 Å². The molecule has 2 N–H and O–H groups in total. The lowest BCUT2D eigenvalue weighted by atomic mass is 10.1. The van der Waals surface area contributed by atoms with Crippen LogP contribution in [0, 0.1) is 12.7 Å². The lowest BCUT2D eigenvalue weighted by molar-refractivity contribution is 0.625. The molecule has 6 heteroatoms. The van der Waals surface area contributed by atoms with E-state index in [-0.39, 0.29) is 5.82 Å². The average Bonchev–Trinajstić information content (AvgIpc) is 3.02. The summed E-state index contributed by atoms with van der Waals surface area (Å²) in [6.45, 7) is 8.24. The molecule has 1 heterocycles. The number of guanidine groups is 1. The van der Waals surface area contributed by atoms with E-state index < -0.39 is 0 Å². The smallest absolute Gasteiger partial charge is 0.191 e. The lowest BCUT2D eigenvalue weighted by Crippen LogP contribution is -2.38. The normalized spacial score (nSPS) is 11.6. The highest BCUT2D eigenvalue weighted by Crippen LogP contribution is 2.14. The number of benzene rings is 1. The minimum Gasteiger partial charge on any atom is -0.357 e. The Hall–Kier alpha value is -1.95. The molecule has 0 saturated heterocycles. The van der Waals surface area contributed by atoms with Crippen LogP contribution >= 0.6 is 11.3 Å². The van der Waals surface area contributed by atoms with Crippen molar-refractivity contribution in [2.75, 3.05) is 13.1 Å². The maximum atomic E-state index is 13.1. The van der Waals surface area contributed by atoms with Crippen LogP contribution in [-0.2, 0) is 19.4 Å². The van der Waals surface area contributed by atoms with Gasteiger partial charge >= 0.3 is 0 Å². The van der Waals surface area contributed by atoms with E-state index in [2.05, 4.69) is 27.5 Å². The molecule has 130 valence electrons. The SMILES string of the molecule is CCNC(=NCc1ncc(CC)s1)NCCc1ccc(F)cc1C. The van der Waals surface area contributed by atoms with E-state index in [4.69, 9.17) is 0 Å². The van der Waals surface area contributed by atoms with Gasteiger partial charge in [-0.15, -0.1) is 11.3 Å². The van der Waals surface area contributed by atoms with Crippen molar-refractivity contribution in [2.24, 2.45) is 4.99 Å². The summed E-state index contributed by atoms with van der Waals surface area (Å²) in [6, 6.07) is 4.93. The van der Waals surface area contributed by atoms with Crippen molar-refractivity contribution >= 4 is 17.3 Å². The van der Waals surface area contributed by atoms with Crippen molar-refractivity contribution in [3.05, 3.63) is 51.2 Å². The Morgan fingerprint density at radius 1 is 1.29 bits per heavy atom. The van der Waals surface area contributed by atoms with E-state index in [0.717, 1.165) is 48.0 Å². The van der Waals surface area contributed by atoms with Gasteiger partial charge in [0.05, 0.1) is 6.54 Å². The Morgan fingerprint density at radius 2 is 2.12 bits per heavy atom. The Kier molecular flexibility index (Phi) is 7.18. The predicted octanol–water partition coefficient (Wildman–Crippen LogP) is 3.45. The lowest BCUT2D eigenvalue weighted by Gasteiger charge is -2.12. The van der Waals surface area contributed by atoms with Gasteiger partial charge in [0.1, 0.15) is 10.8 Å². The van der Waals surface area contributed by atoms with Crippen molar-refractivity contribution in [2.45, 2.75) is 40.2 Å². The van der Waals surface area contributed by atoms with Gasteiger partial charge in [-0.25, -0.2) is 14.4 Å². The average molecular weight is 348 g/mol. The second-order valence-electron chi connectivity index (χ2n) is 5.52. The summed E-state index contributed by atoms with van der Waals surface area (Å²) in [5.41, 5.74) is 2.13. The molecule has 0 aliphatic heterocycles. The first kappa shape index (κ1) is 18.4. The molecule has 0 spiro atoms. The van der Waals surface area contributed by atoms with Gasteiger partial charge in [-0.2, -0.15) is 0 Å². The first-order chi connectivity index (χ1) is 11.6. The molecule has 0 radical (unpaired) electrons. The third-order valence-electron chi connectivity index (χ3n) is 3.66. The molecule has 2 rings (SSSR count). The van der Waals surface area contributed by atoms with Gasteiger partial charge in [0.15, 0.2) is 5.96 Å². The highest BCUT2D eigenvalue weighted by Gasteiger charge is 2.03. The second kappa shape index (κ2) is 9.37. The van der Waals surface area contributed by atoms with E-state index in [1.165, 1.54) is 10.9 Å². The van der Waals surface area contributed by atoms with Gasteiger partial charge in [-0.3, -0.25) is 0 Å². The van der Waals surface area contributed by atoms with Crippen LogP contribution in [-0.4, -0.2) is 24.0 Å². The minimum atomic E-state index is -0.186. The van der Waals surface area contributed by atoms with Crippen LogP contribution < -0.4 is 10.6 Å². The third kappa shape index (κ3) is 5.60. The van der Waals surface area contributed by atoms with Gasteiger partial charge in [0.2, 0.25) is 0 Å². The minimum absolute atomic E-state index is 0.186. The largest absolute Gasteiger partial charge is 0.357 e. The Bertz CT molecular complexity index is 681. The zero-order chi connectivity index (χ0) is 17.4. The fourth-order valence-electron chi connectivity index (χ4n) is 2.33. The molecule has 0 fully saturated rings. The maximum Gasteiger partial charge on any atom is 0.191 e. The Balaban J connectivity index is 1.89.